The number of hydrogen-bond donors (Lipinski definition) is 1. The number of benzene rings is 2. The number of methoxy groups -OCH3 is 1. The zero-order chi connectivity index (χ0) is 14.8. The fraction of sp³-hybridized carbons (Fsp3) is 0.333. The van der Waals surface area contributed by atoms with Gasteiger partial charge in [0.1, 0.15) is 5.75 Å². The van der Waals surface area contributed by atoms with E-state index in [1.165, 1.54) is 16.0 Å². The fourth-order valence-electron chi connectivity index (χ4n) is 2.85. The molecule has 2 nitrogen and oxygen atoms in total. The van der Waals surface area contributed by atoms with E-state index in [-0.39, 0.29) is 11.4 Å². The summed E-state index contributed by atoms with van der Waals surface area (Å²) >= 11 is 1.79. The average Bonchev–Trinajstić information content (AvgIpc) is 2.91. The van der Waals surface area contributed by atoms with E-state index in [2.05, 4.69) is 37.3 Å². The number of hydrogen-bond acceptors (Lipinski definition) is 3. The summed E-state index contributed by atoms with van der Waals surface area (Å²) in [5.41, 5.74) is 3.63. The fourth-order valence-corrected chi connectivity index (χ4v) is 4.15. The highest BCUT2D eigenvalue weighted by Crippen LogP contribution is 2.39. The maximum Gasteiger partial charge on any atom is 0.122 e. The second kappa shape index (κ2) is 6.12. The van der Waals surface area contributed by atoms with Crippen LogP contribution in [0.5, 0.6) is 5.75 Å². The summed E-state index contributed by atoms with van der Waals surface area (Å²) < 4.78 is 5.41. The van der Waals surface area contributed by atoms with Gasteiger partial charge in [-0.3, -0.25) is 0 Å². The number of aliphatic hydroxyl groups is 1. The van der Waals surface area contributed by atoms with Gasteiger partial charge in [0.05, 0.1) is 13.2 Å². The predicted octanol–water partition coefficient (Wildman–Crippen LogP) is 3.62. The molecule has 2 aromatic carbocycles. The Bertz CT molecular complexity index is 614. The van der Waals surface area contributed by atoms with Crippen LogP contribution >= 0.6 is 11.8 Å². The molecule has 3 rings (SSSR count). The molecule has 0 bridgehead atoms. The number of aliphatic hydroxyl groups excluding tert-OH is 1. The lowest BCUT2D eigenvalue weighted by Crippen LogP contribution is -2.25. The molecule has 1 heterocycles. The monoisotopic (exact) mass is 300 g/mol. The predicted molar refractivity (Wildman–Crippen MR) is 87.2 cm³/mol. The van der Waals surface area contributed by atoms with Gasteiger partial charge in [0.2, 0.25) is 0 Å². The van der Waals surface area contributed by atoms with Gasteiger partial charge >= 0.3 is 0 Å². The first-order valence-electron chi connectivity index (χ1n) is 7.23. The van der Waals surface area contributed by atoms with E-state index in [0.717, 1.165) is 17.7 Å². The third kappa shape index (κ3) is 3.09. The van der Waals surface area contributed by atoms with Crippen molar-refractivity contribution in [2.24, 2.45) is 0 Å². The summed E-state index contributed by atoms with van der Waals surface area (Å²) in [6.45, 7) is 2.06. The molecule has 0 saturated heterocycles. The summed E-state index contributed by atoms with van der Waals surface area (Å²) in [4.78, 5) is 1.30. The van der Waals surface area contributed by atoms with Crippen LogP contribution in [-0.2, 0) is 12.8 Å². The van der Waals surface area contributed by atoms with Crippen LogP contribution < -0.4 is 4.74 Å². The van der Waals surface area contributed by atoms with Crippen LogP contribution in [0.4, 0.5) is 0 Å². The average molecular weight is 300 g/mol. The molecule has 2 atom stereocenters. The molecule has 1 aliphatic heterocycles. The lowest BCUT2D eigenvalue weighted by atomic mass is 9.99. The molecule has 2 aromatic rings. The Balaban J connectivity index is 1.73. The minimum absolute atomic E-state index is 0.229. The Kier molecular flexibility index (Phi) is 4.22. The van der Waals surface area contributed by atoms with Crippen molar-refractivity contribution in [1.29, 1.82) is 0 Å². The molecule has 0 amide bonds. The van der Waals surface area contributed by atoms with Crippen molar-refractivity contribution >= 4 is 11.8 Å². The van der Waals surface area contributed by atoms with Crippen LogP contribution in [0.1, 0.15) is 16.7 Å². The summed E-state index contributed by atoms with van der Waals surface area (Å²) in [6.07, 6.45) is 1.21. The van der Waals surface area contributed by atoms with Gasteiger partial charge in [-0.05, 0) is 36.6 Å². The maximum absolute atomic E-state index is 10.6. The second-order valence-electron chi connectivity index (χ2n) is 5.55. The molecule has 21 heavy (non-hydrogen) atoms. The van der Waals surface area contributed by atoms with E-state index in [1.54, 1.807) is 18.9 Å². The van der Waals surface area contributed by atoms with Crippen molar-refractivity contribution in [1.82, 2.24) is 0 Å². The van der Waals surface area contributed by atoms with Gasteiger partial charge in [-0.25, -0.2) is 0 Å². The van der Waals surface area contributed by atoms with Crippen LogP contribution in [0.25, 0.3) is 0 Å². The molecular weight excluding hydrogens is 280 g/mol. The van der Waals surface area contributed by atoms with E-state index in [9.17, 15) is 5.11 Å². The summed E-state index contributed by atoms with van der Waals surface area (Å²) in [7, 11) is 1.68. The van der Waals surface area contributed by atoms with Gasteiger partial charge in [0.15, 0.2) is 0 Å². The van der Waals surface area contributed by atoms with Crippen molar-refractivity contribution < 1.29 is 9.84 Å². The van der Waals surface area contributed by atoms with Gasteiger partial charge < -0.3 is 9.84 Å². The normalized spacial score (nSPS) is 18.3. The first-order chi connectivity index (χ1) is 10.2. The molecule has 3 heteroatoms. The molecule has 0 spiro atoms. The lowest BCUT2D eigenvalue weighted by Gasteiger charge is -2.19. The van der Waals surface area contributed by atoms with Gasteiger partial charge in [-0.15, -0.1) is 11.8 Å². The van der Waals surface area contributed by atoms with Gasteiger partial charge in [-0.2, -0.15) is 0 Å². The van der Waals surface area contributed by atoms with Crippen LogP contribution in [0, 0.1) is 6.92 Å². The molecular formula is C18H20O2S. The molecule has 0 fully saturated rings. The molecule has 1 N–H and O–H groups in total. The summed E-state index contributed by atoms with van der Waals surface area (Å²) in [5, 5.41) is 10.8. The van der Waals surface area contributed by atoms with Crippen molar-refractivity contribution in [2.75, 3.05) is 7.11 Å². The number of rotatable bonds is 4. The third-order valence-corrected chi connectivity index (χ3v) is 5.40. The van der Waals surface area contributed by atoms with Crippen LogP contribution in [-0.4, -0.2) is 23.6 Å². The highest BCUT2D eigenvalue weighted by molar-refractivity contribution is 8.00. The highest BCUT2D eigenvalue weighted by Gasteiger charge is 2.28. The number of aryl methyl sites for hydroxylation is 1. The van der Waals surface area contributed by atoms with Gasteiger partial charge in [0.25, 0.3) is 0 Å². The van der Waals surface area contributed by atoms with E-state index in [1.807, 2.05) is 12.1 Å². The van der Waals surface area contributed by atoms with E-state index in [0.29, 0.717) is 6.42 Å². The van der Waals surface area contributed by atoms with Crippen LogP contribution in [0.3, 0.4) is 0 Å². The minimum atomic E-state index is -0.363. The Morgan fingerprint density at radius 2 is 2.10 bits per heavy atom. The minimum Gasteiger partial charge on any atom is -0.496 e. The second-order valence-corrected chi connectivity index (χ2v) is 6.84. The van der Waals surface area contributed by atoms with Crippen molar-refractivity contribution in [3.8, 4) is 5.75 Å². The van der Waals surface area contributed by atoms with Crippen molar-refractivity contribution in [3.63, 3.8) is 0 Å². The Morgan fingerprint density at radius 3 is 2.86 bits per heavy atom. The summed E-state index contributed by atoms with van der Waals surface area (Å²) in [5.74, 6) is 0.861. The molecule has 0 aromatic heterocycles. The SMILES string of the molecule is COc1ccc(C)cc1CC(O)C1Cc2ccccc2S1. The van der Waals surface area contributed by atoms with Crippen LogP contribution in [0.15, 0.2) is 47.4 Å². The molecule has 110 valence electrons. The number of fused-ring (bicyclic) bond motifs is 1. The van der Waals surface area contributed by atoms with Gasteiger partial charge in [-0.1, -0.05) is 35.9 Å². The molecule has 0 radical (unpaired) electrons. The third-order valence-electron chi connectivity index (χ3n) is 3.97. The number of thioether (sulfide) groups is 1. The molecule has 0 saturated carbocycles. The van der Waals surface area contributed by atoms with Crippen molar-refractivity contribution in [3.05, 3.63) is 59.2 Å². The topological polar surface area (TPSA) is 29.5 Å². The van der Waals surface area contributed by atoms with E-state index < -0.39 is 0 Å². The quantitative estimate of drug-likeness (QED) is 0.935. The standard InChI is InChI=1S/C18H20O2S/c1-12-7-8-16(20-2)14(9-12)10-15(19)18-11-13-5-3-4-6-17(13)21-18/h3-9,15,18-19H,10-11H2,1-2H3. The molecule has 0 aliphatic carbocycles. The first kappa shape index (κ1) is 14.5. The van der Waals surface area contributed by atoms with E-state index >= 15 is 0 Å². The van der Waals surface area contributed by atoms with Gasteiger partial charge in [0, 0.05) is 16.6 Å². The lowest BCUT2D eigenvalue weighted by molar-refractivity contribution is 0.171. The van der Waals surface area contributed by atoms with Crippen molar-refractivity contribution in [2.45, 2.75) is 36.0 Å². The largest absolute Gasteiger partial charge is 0.496 e. The zero-order valence-corrected chi connectivity index (χ0v) is 13.2. The Labute approximate surface area is 130 Å². The van der Waals surface area contributed by atoms with E-state index in [4.69, 9.17) is 4.74 Å². The molecule has 1 aliphatic rings. The maximum atomic E-state index is 10.6. The summed E-state index contributed by atoms with van der Waals surface area (Å²) in [6, 6.07) is 14.5. The Hall–Kier alpha value is -1.45. The smallest absolute Gasteiger partial charge is 0.122 e. The zero-order valence-electron chi connectivity index (χ0n) is 12.4. The number of ether oxygens (including phenoxy) is 1. The first-order valence-corrected chi connectivity index (χ1v) is 8.11. The van der Waals surface area contributed by atoms with Crippen LogP contribution in [0.2, 0.25) is 0 Å². The molecule has 2 unspecified atom stereocenters. The highest BCUT2D eigenvalue weighted by atomic mass is 32.2. The Morgan fingerprint density at radius 1 is 1.29 bits per heavy atom.